The second kappa shape index (κ2) is 6.37. The van der Waals surface area contributed by atoms with Crippen LogP contribution in [0.1, 0.15) is 14.5 Å². The van der Waals surface area contributed by atoms with Gasteiger partial charge >= 0.3 is 0 Å². The summed E-state index contributed by atoms with van der Waals surface area (Å²) in [7, 11) is 1.58. The van der Waals surface area contributed by atoms with E-state index in [0.717, 1.165) is 16.0 Å². The largest absolute Gasteiger partial charge is 0.314 e. The van der Waals surface area contributed by atoms with Gasteiger partial charge in [-0.1, -0.05) is 12.1 Å². The number of nitrogens with one attached hydrogen (secondary N) is 1. The number of aromatic nitrogens is 2. The first-order valence-corrected chi connectivity index (χ1v) is 7.96. The van der Waals surface area contributed by atoms with Crippen LogP contribution in [0.3, 0.4) is 0 Å². The Morgan fingerprint density at radius 2 is 2.00 bits per heavy atom. The van der Waals surface area contributed by atoms with Crippen LogP contribution in [0.15, 0.2) is 47.5 Å². The van der Waals surface area contributed by atoms with Crippen LogP contribution >= 0.6 is 11.3 Å². The van der Waals surface area contributed by atoms with E-state index >= 15 is 0 Å². The van der Waals surface area contributed by atoms with Crippen molar-refractivity contribution in [3.8, 4) is 11.1 Å². The van der Waals surface area contributed by atoms with Crippen molar-refractivity contribution in [2.24, 2.45) is 7.05 Å². The molecule has 0 saturated heterocycles. The van der Waals surface area contributed by atoms with Gasteiger partial charge in [-0.3, -0.25) is 9.59 Å². The highest BCUT2D eigenvalue weighted by Gasteiger charge is 2.15. The molecule has 0 radical (unpaired) electrons. The van der Waals surface area contributed by atoms with Crippen molar-refractivity contribution in [2.75, 3.05) is 5.32 Å². The highest BCUT2D eigenvalue weighted by molar-refractivity contribution is 7.14. The van der Waals surface area contributed by atoms with E-state index in [-0.39, 0.29) is 17.2 Å². The SMILES string of the molecule is Cc1sc(C(=O)Nc2nccn(C)c2=O)cc1-c1ccc(F)cc1. The Bertz CT molecular complexity index is 961. The molecule has 0 unspecified atom stereocenters. The molecule has 3 aromatic rings. The number of hydrogen-bond acceptors (Lipinski definition) is 4. The maximum Gasteiger partial charge on any atom is 0.293 e. The fourth-order valence-corrected chi connectivity index (χ4v) is 3.20. The van der Waals surface area contributed by atoms with Crippen molar-refractivity contribution in [1.82, 2.24) is 9.55 Å². The standard InChI is InChI=1S/C17H14FN3O2S/c1-10-13(11-3-5-12(18)6-4-11)9-14(24-10)16(22)20-15-17(23)21(2)8-7-19-15/h3-9H,1-2H3,(H,19,20,22). The Labute approximate surface area is 141 Å². The minimum atomic E-state index is -0.396. The summed E-state index contributed by atoms with van der Waals surface area (Å²) in [5.41, 5.74) is 1.31. The fraction of sp³-hybridized carbons (Fsp3) is 0.118. The highest BCUT2D eigenvalue weighted by Crippen LogP contribution is 2.31. The van der Waals surface area contributed by atoms with Crippen molar-refractivity contribution < 1.29 is 9.18 Å². The van der Waals surface area contributed by atoms with Crippen LogP contribution in [0.2, 0.25) is 0 Å². The number of benzene rings is 1. The van der Waals surface area contributed by atoms with E-state index < -0.39 is 5.91 Å². The Hall–Kier alpha value is -2.80. The van der Waals surface area contributed by atoms with Gasteiger partial charge in [0.15, 0.2) is 5.82 Å². The Kier molecular flexibility index (Phi) is 4.26. The number of aryl methyl sites for hydroxylation is 2. The normalized spacial score (nSPS) is 10.6. The van der Waals surface area contributed by atoms with Gasteiger partial charge in [-0.2, -0.15) is 0 Å². The van der Waals surface area contributed by atoms with Gasteiger partial charge in [-0.05, 0) is 36.2 Å². The van der Waals surface area contributed by atoms with Gasteiger partial charge in [0.05, 0.1) is 4.88 Å². The number of hydrogen-bond donors (Lipinski definition) is 1. The lowest BCUT2D eigenvalue weighted by molar-refractivity contribution is 0.103. The van der Waals surface area contributed by atoms with Gasteiger partial charge in [-0.25, -0.2) is 9.37 Å². The van der Waals surface area contributed by atoms with E-state index in [0.29, 0.717) is 4.88 Å². The quantitative estimate of drug-likeness (QED) is 0.794. The minimum Gasteiger partial charge on any atom is -0.314 e. The van der Waals surface area contributed by atoms with Gasteiger partial charge < -0.3 is 9.88 Å². The molecule has 122 valence electrons. The first-order chi connectivity index (χ1) is 11.5. The molecule has 3 rings (SSSR count). The molecule has 0 bridgehead atoms. The number of thiophene rings is 1. The second-order valence-electron chi connectivity index (χ2n) is 5.23. The minimum absolute atomic E-state index is 0.0145. The van der Waals surface area contributed by atoms with Crippen LogP contribution < -0.4 is 10.9 Å². The number of halogens is 1. The molecule has 5 nitrogen and oxygen atoms in total. The topological polar surface area (TPSA) is 64.0 Å². The number of nitrogens with zero attached hydrogens (tertiary/aromatic N) is 2. The fourth-order valence-electron chi connectivity index (χ4n) is 2.26. The molecule has 1 aromatic carbocycles. The van der Waals surface area contributed by atoms with E-state index in [1.54, 1.807) is 25.2 Å². The van der Waals surface area contributed by atoms with Crippen LogP contribution in [0, 0.1) is 12.7 Å². The van der Waals surface area contributed by atoms with Crippen molar-refractivity contribution in [1.29, 1.82) is 0 Å². The zero-order chi connectivity index (χ0) is 17.3. The van der Waals surface area contributed by atoms with Crippen LogP contribution in [0.5, 0.6) is 0 Å². The van der Waals surface area contributed by atoms with Crippen molar-refractivity contribution in [2.45, 2.75) is 6.92 Å². The molecule has 7 heteroatoms. The molecule has 0 aliphatic carbocycles. The van der Waals surface area contributed by atoms with Crippen LogP contribution in [0.25, 0.3) is 11.1 Å². The third-order valence-electron chi connectivity index (χ3n) is 3.55. The maximum absolute atomic E-state index is 13.0. The molecule has 0 aliphatic heterocycles. The Morgan fingerprint density at radius 3 is 2.71 bits per heavy atom. The van der Waals surface area contributed by atoms with Crippen molar-refractivity contribution in [3.63, 3.8) is 0 Å². The zero-order valence-corrected chi connectivity index (χ0v) is 13.9. The van der Waals surface area contributed by atoms with Gasteiger partial charge in [0.1, 0.15) is 5.82 Å². The van der Waals surface area contributed by atoms with Gasteiger partial charge in [0, 0.05) is 24.3 Å². The summed E-state index contributed by atoms with van der Waals surface area (Å²) in [5.74, 6) is -0.720. The molecular formula is C17H14FN3O2S. The highest BCUT2D eigenvalue weighted by atomic mass is 32.1. The molecule has 2 heterocycles. The molecule has 2 aromatic heterocycles. The maximum atomic E-state index is 13.0. The van der Waals surface area contributed by atoms with Gasteiger partial charge in [0.2, 0.25) is 0 Å². The monoisotopic (exact) mass is 343 g/mol. The number of carbonyl (C=O) groups is 1. The summed E-state index contributed by atoms with van der Waals surface area (Å²) in [6, 6.07) is 7.82. The summed E-state index contributed by atoms with van der Waals surface area (Å²) in [4.78, 5) is 29.6. The lowest BCUT2D eigenvalue weighted by Crippen LogP contribution is -2.24. The summed E-state index contributed by atoms with van der Waals surface area (Å²) in [6.07, 6.45) is 2.96. The van der Waals surface area contributed by atoms with E-state index in [2.05, 4.69) is 10.3 Å². The lowest BCUT2D eigenvalue weighted by atomic mass is 10.1. The summed E-state index contributed by atoms with van der Waals surface area (Å²) >= 11 is 1.31. The first kappa shape index (κ1) is 16.1. The van der Waals surface area contributed by atoms with E-state index in [1.807, 2.05) is 6.92 Å². The molecular weight excluding hydrogens is 329 g/mol. The second-order valence-corrected chi connectivity index (χ2v) is 6.49. The summed E-state index contributed by atoms with van der Waals surface area (Å²) < 4.78 is 14.4. The average molecular weight is 343 g/mol. The predicted molar refractivity (Wildman–Crippen MR) is 91.9 cm³/mol. The van der Waals surface area contributed by atoms with E-state index in [9.17, 15) is 14.0 Å². The lowest BCUT2D eigenvalue weighted by Gasteiger charge is -2.03. The average Bonchev–Trinajstić information content (AvgIpc) is 2.94. The Morgan fingerprint density at radius 1 is 1.29 bits per heavy atom. The summed E-state index contributed by atoms with van der Waals surface area (Å²) in [5, 5.41) is 2.54. The zero-order valence-electron chi connectivity index (χ0n) is 13.0. The van der Waals surface area contributed by atoms with Crippen LogP contribution in [-0.4, -0.2) is 15.5 Å². The molecule has 24 heavy (non-hydrogen) atoms. The smallest absolute Gasteiger partial charge is 0.293 e. The molecule has 0 fully saturated rings. The number of carbonyl (C=O) groups excluding carboxylic acids is 1. The number of anilines is 1. The predicted octanol–water partition coefficient (Wildman–Crippen LogP) is 3.21. The first-order valence-electron chi connectivity index (χ1n) is 7.15. The van der Waals surface area contributed by atoms with E-state index in [1.165, 1.54) is 40.4 Å². The molecule has 0 atom stereocenters. The van der Waals surface area contributed by atoms with Crippen LogP contribution in [-0.2, 0) is 7.05 Å². The number of amides is 1. The molecule has 0 aliphatic rings. The molecule has 0 saturated carbocycles. The van der Waals surface area contributed by atoms with E-state index in [4.69, 9.17) is 0 Å². The molecule has 0 spiro atoms. The molecule has 1 amide bonds. The van der Waals surface area contributed by atoms with Crippen molar-refractivity contribution >= 4 is 23.1 Å². The Balaban J connectivity index is 1.89. The van der Waals surface area contributed by atoms with Gasteiger partial charge in [0.25, 0.3) is 11.5 Å². The summed E-state index contributed by atoms with van der Waals surface area (Å²) in [6.45, 7) is 1.89. The number of rotatable bonds is 3. The van der Waals surface area contributed by atoms with Crippen molar-refractivity contribution in [3.05, 3.63) is 68.7 Å². The third-order valence-corrected chi connectivity index (χ3v) is 4.59. The third kappa shape index (κ3) is 3.11. The molecule has 1 N–H and O–H groups in total. The van der Waals surface area contributed by atoms with Gasteiger partial charge in [-0.15, -0.1) is 11.3 Å². The van der Waals surface area contributed by atoms with Crippen LogP contribution in [0.4, 0.5) is 10.2 Å².